The van der Waals surface area contributed by atoms with Gasteiger partial charge in [-0.3, -0.25) is 9.59 Å². The first kappa shape index (κ1) is 29.7. The van der Waals surface area contributed by atoms with E-state index in [-0.39, 0.29) is 31.2 Å². The Labute approximate surface area is 217 Å². The number of Topliss-reactive ketones (excluding diaryl/α,β-unsaturated/α-hetero) is 1. The number of aliphatic hydroxyl groups excluding tert-OH is 1. The van der Waals surface area contributed by atoms with Crippen LogP contribution in [0, 0.1) is 11.8 Å². The van der Waals surface area contributed by atoms with E-state index in [4.69, 9.17) is 9.47 Å². The van der Waals surface area contributed by atoms with Gasteiger partial charge < -0.3 is 14.6 Å². The second-order valence-electron chi connectivity index (χ2n) is 9.91. The number of allylic oxidation sites excluding steroid dienone is 5. The third-order valence-electron chi connectivity index (χ3n) is 5.65. The summed E-state index contributed by atoms with van der Waals surface area (Å²) in [6.45, 7) is 8.77. The zero-order valence-electron chi connectivity index (χ0n) is 22.1. The van der Waals surface area contributed by atoms with E-state index in [9.17, 15) is 18.9 Å². The van der Waals surface area contributed by atoms with Gasteiger partial charge in [-0.1, -0.05) is 30.4 Å². The van der Waals surface area contributed by atoms with Gasteiger partial charge in [0, 0.05) is 19.5 Å². The fraction of sp³-hybridized carbons (Fsp3) is 0.500. The Morgan fingerprint density at radius 3 is 2.42 bits per heavy atom. The van der Waals surface area contributed by atoms with Crippen molar-refractivity contribution < 1.29 is 28.4 Å². The van der Waals surface area contributed by atoms with Gasteiger partial charge in [0.2, 0.25) is 0 Å². The molecule has 1 aliphatic rings. The number of rotatable bonds is 12. The molecule has 0 spiro atoms. The smallest absolute Gasteiger partial charge is 0.313 e. The van der Waals surface area contributed by atoms with E-state index in [1.165, 1.54) is 6.92 Å². The van der Waals surface area contributed by atoms with Crippen molar-refractivity contribution in [3.05, 3.63) is 60.2 Å². The van der Waals surface area contributed by atoms with E-state index in [1.54, 1.807) is 63.4 Å². The van der Waals surface area contributed by atoms with Gasteiger partial charge in [-0.05, 0) is 76.8 Å². The molecule has 198 valence electrons. The van der Waals surface area contributed by atoms with Crippen LogP contribution in [0.5, 0.6) is 5.75 Å². The highest BCUT2D eigenvalue weighted by Gasteiger charge is 2.31. The Kier molecular flexibility index (Phi) is 11.3. The van der Waals surface area contributed by atoms with Crippen molar-refractivity contribution >= 4 is 22.7 Å². The van der Waals surface area contributed by atoms with Crippen LogP contribution >= 0.6 is 0 Å². The van der Waals surface area contributed by atoms with E-state index >= 15 is 0 Å². The molecule has 0 bridgehead atoms. The van der Waals surface area contributed by atoms with E-state index in [1.807, 2.05) is 30.4 Å². The quantitative estimate of drug-likeness (QED) is 0.326. The molecule has 2 rings (SSSR count). The highest BCUT2D eigenvalue weighted by molar-refractivity contribution is 7.82. The van der Waals surface area contributed by atoms with Gasteiger partial charge in [0.1, 0.15) is 28.1 Å². The van der Waals surface area contributed by atoms with Crippen LogP contribution < -0.4 is 4.74 Å². The number of ether oxygens (including phenoxy) is 2. The highest BCUT2D eigenvalue weighted by atomic mass is 32.2. The normalized spacial score (nSPS) is 18.6. The van der Waals surface area contributed by atoms with Crippen molar-refractivity contribution in [3.63, 3.8) is 0 Å². The van der Waals surface area contributed by atoms with Gasteiger partial charge in [0.25, 0.3) is 0 Å². The lowest BCUT2D eigenvalue weighted by Crippen LogP contribution is -2.39. The zero-order valence-corrected chi connectivity index (χ0v) is 22.9. The Balaban J connectivity index is 2.34. The van der Waals surface area contributed by atoms with Crippen LogP contribution in [0.4, 0.5) is 0 Å². The summed E-state index contributed by atoms with van der Waals surface area (Å²) < 4.78 is 25.8. The molecule has 8 heteroatoms. The first-order valence-electron chi connectivity index (χ1n) is 12.2. The molecule has 0 fully saturated rings. The van der Waals surface area contributed by atoms with Gasteiger partial charge in [-0.2, -0.15) is 0 Å². The van der Waals surface area contributed by atoms with E-state index in [2.05, 4.69) is 0 Å². The number of nitrogens with zero attached hydrogens (tertiary/aromatic N) is 1. The molecule has 1 aromatic carbocycles. The molecule has 1 N–H and O–H groups in total. The summed E-state index contributed by atoms with van der Waals surface area (Å²) in [6.07, 6.45) is 9.67. The largest absolute Gasteiger partial charge is 0.497 e. The lowest BCUT2D eigenvalue weighted by Gasteiger charge is -2.29. The molecule has 0 radical (unpaired) electrons. The average Bonchev–Trinajstić information content (AvgIpc) is 2.83. The average molecular weight is 518 g/mol. The molecule has 0 saturated heterocycles. The van der Waals surface area contributed by atoms with Crippen LogP contribution in [0.15, 0.2) is 65.1 Å². The number of methoxy groups -OCH3 is 1. The van der Waals surface area contributed by atoms with Crippen molar-refractivity contribution in [3.8, 4) is 5.75 Å². The maximum Gasteiger partial charge on any atom is 0.313 e. The summed E-state index contributed by atoms with van der Waals surface area (Å²) in [7, 11) is -0.0804. The number of carbonyl (C=O) groups is 2. The molecular formula is C28H39NO6S. The van der Waals surface area contributed by atoms with Gasteiger partial charge in [-0.15, -0.1) is 0 Å². The van der Waals surface area contributed by atoms with Crippen molar-refractivity contribution in [1.29, 1.82) is 0 Å². The minimum absolute atomic E-state index is 0.0160. The molecule has 0 aromatic heterocycles. The fourth-order valence-electron chi connectivity index (χ4n) is 3.70. The Morgan fingerprint density at radius 2 is 1.89 bits per heavy atom. The topological polar surface area (TPSA) is 93.1 Å². The summed E-state index contributed by atoms with van der Waals surface area (Å²) >= 11 is 0. The summed E-state index contributed by atoms with van der Waals surface area (Å²) in [5.74, 6) is -0.533. The van der Waals surface area contributed by atoms with Crippen molar-refractivity contribution in [2.24, 2.45) is 11.8 Å². The van der Waals surface area contributed by atoms with Gasteiger partial charge >= 0.3 is 5.97 Å². The van der Waals surface area contributed by atoms with E-state index < -0.39 is 34.6 Å². The van der Waals surface area contributed by atoms with Crippen LogP contribution in [-0.4, -0.2) is 57.3 Å². The lowest BCUT2D eigenvalue weighted by molar-refractivity contribution is -0.158. The standard InChI is InChI=1S/C28H39NO6S/c1-20(30)16-17-29(36(33)24-14-12-23(34-6)13-15-24)19-26(31)25(18-22-10-8-7-9-11-22)21(2)27(32)35-28(3,4)5/h7-10,12-15,18,21-22,26,31H,11,16-17,19H2,1-6H3/b25-18-. The number of aliphatic hydroxyl groups is 1. The van der Waals surface area contributed by atoms with Gasteiger partial charge in [-0.25, -0.2) is 8.51 Å². The van der Waals surface area contributed by atoms with E-state index in [0.717, 1.165) is 6.42 Å². The van der Waals surface area contributed by atoms with Crippen LogP contribution in [-0.2, 0) is 25.3 Å². The number of hydrogen-bond acceptors (Lipinski definition) is 6. The molecule has 0 aliphatic heterocycles. The predicted octanol–water partition coefficient (Wildman–Crippen LogP) is 4.40. The van der Waals surface area contributed by atoms with Crippen LogP contribution in [0.25, 0.3) is 0 Å². The summed E-state index contributed by atoms with van der Waals surface area (Å²) in [5, 5.41) is 11.4. The number of carbonyl (C=O) groups excluding carboxylic acids is 2. The molecule has 4 unspecified atom stereocenters. The lowest BCUT2D eigenvalue weighted by atomic mass is 9.89. The Morgan fingerprint density at radius 1 is 1.22 bits per heavy atom. The maximum absolute atomic E-state index is 13.4. The highest BCUT2D eigenvalue weighted by Crippen LogP contribution is 2.26. The maximum atomic E-state index is 13.4. The zero-order chi connectivity index (χ0) is 26.9. The monoisotopic (exact) mass is 517 g/mol. The summed E-state index contributed by atoms with van der Waals surface area (Å²) in [4.78, 5) is 25.2. The molecule has 0 heterocycles. The number of hydrogen-bond donors (Lipinski definition) is 1. The first-order valence-corrected chi connectivity index (χ1v) is 13.3. The van der Waals surface area contributed by atoms with Gasteiger partial charge in [0.05, 0.1) is 24.0 Å². The molecule has 1 aromatic rings. The van der Waals surface area contributed by atoms with Crippen molar-refractivity contribution in [2.75, 3.05) is 20.2 Å². The predicted molar refractivity (Wildman–Crippen MR) is 142 cm³/mol. The molecular weight excluding hydrogens is 478 g/mol. The molecule has 7 nitrogen and oxygen atoms in total. The molecule has 36 heavy (non-hydrogen) atoms. The minimum Gasteiger partial charge on any atom is -0.497 e. The van der Waals surface area contributed by atoms with E-state index in [0.29, 0.717) is 16.2 Å². The molecule has 0 amide bonds. The number of ketones is 1. The minimum atomic E-state index is -1.63. The first-order chi connectivity index (χ1) is 16.9. The second kappa shape index (κ2) is 13.7. The third-order valence-corrected chi connectivity index (χ3v) is 7.13. The molecule has 1 aliphatic carbocycles. The third kappa shape index (κ3) is 9.48. The second-order valence-corrected chi connectivity index (χ2v) is 11.4. The summed E-state index contributed by atoms with van der Waals surface area (Å²) in [6, 6.07) is 6.82. The Bertz CT molecular complexity index is 1010. The van der Waals surface area contributed by atoms with Gasteiger partial charge in [0.15, 0.2) is 0 Å². The SMILES string of the molecule is COc1ccc(S(=O)N(CCC(C)=O)CC(O)/C(=C\C2C=CC=CC2)C(C)C(=O)OC(C)(C)C)cc1. The number of esters is 1. The van der Waals surface area contributed by atoms with Crippen LogP contribution in [0.2, 0.25) is 0 Å². The Hall–Kier alpha value is -2.55. The molecule has 0 saturated carbocycles. The fourth-order valence-corrected chi connectivity index (χ4v) is 4.91. The summed E-state index contributed by atoms with van der Waals surface area (Å²) in [5.41, 5.74) is -0.160. The van der Waals surface area contributed by atoms with Crippen LogP contribution in [0.3, 0.4) is 0 Å². The van der Waals surface area contributed by atoms with Crippen molar-refractivity contribution in [2.45, 2.75) is 64.1 Å². The van der Waals surface area contributed by atoms with Crippen molar-refractivity contribution in [1.82, 2.24) is 4.31 Å². The van der Waals surface area contributed by atoms with Crippen LogP contribution in [0.1, 0.15) is 47.5 Å². The number of benzene rings is 1. The molecule has 4 atom stereocenters.